The lowest BCUT2D eigenvalue weighted by Crippen LogP contribution is -2.46. The lowest BCUT2D eigenvalue weighted by molar-refractivity contribution is -0.130. The normalized spacial score (nSPS) is 16.7. The minimum atomic E-state index is -0.491. The highest BCUT2D eigenvalue weighted by molar-refractivity contribution is 5.96. The average molecular weight is 322 g/mol. The maximum Gasteiger partial charge on any atom is 0.269 e. The summed E-state index contributed by atoms with van der Waals surface area (Å²) in [5, 5.41) is 0. The molecule has 126 valence electrons. The van der Waals surface area contributed by atoms with E-state index in [0.717, 1.165) is 6.42 Å². The molecule has 1 aliphatic heterocycles. The van der Waals surface area contributed by atoms with Gasteiger partial charge in [0.2, 0.25) is 0 Å². The van der Waals surface area contributed by atoms with Crippen molar-refractivity contribution in [3.8, 4) is 11.5 Å². The van der Waals surface area contributed by atoms with Crippen LogP contribution in [0.5, 0.6) is 11.5 Å². The van der Waals surface area contributed by atoms with Crippen molar-refractivity contribution in [1.82, 2.24) is 10.9 Å². The summed E-state index contributed by atoms with van der Waals surface area (Å²) < 4.78 is 16.2. The third-order valence-electron chi connectivity index (χ3n) is 3.33. The first kappa shape index (κ1) is 17.1. The van der Waals surface area contributed by atoms with Gasteiger partial charge in [0.25, 0.3) is 11.8 Å². The molecular weight excluding hydrogens is 300 g/mol. The molecule has 2 rings (SSSR count). The van der Waals surface area contributed by atoms with Gasteiger partial charge in [-0.3, -0.25) is 20.4 Å². The first-order valence-corrected chi connectivity index (χ1v) is 7.77. The zero-order valence-corrected chi connectivity index (χ0v) is 13.4. The molecule has 0 saturated carbocycles. The van der Waals surface area contributed by atoms with Crippen molar-refractivity contribution in [3.05, 3.63) is 23.8 Å². The van der Waals surface area contributed by atoms with Crippen molar-refractivity contribution in [2.75, 3.05) is 19.8 Å². The van der Waals surface area contributed by atoms with Gasteiger partial charge in [0, 0.05) is 12.2 Å². The molecule has 1 saturated heterocycles. The highest BCUT2D eigenvalue weighted by Gasteiger charge is 2.24. The number of amides is 2. The fourth-order valence-electron chi connectivity index (χ4n) is 2.25. The molecule has 23 heavy (non-hydrogen) atoms. The largest absolute Gasteiger partial charge is 0.490 e. The zero-order chi connectivity index (χ0) is 16.7. The van der Waals surface area contributed by atoms with E-state index in [9.17, 15) is 9.59 Å². The second-order valence-electron chi connectivity index (χ2n) is 4.97. The molecule has 0 aliphatic carbocycles. The molecule has 7 heteroatoms. The Morgan fingerprint density at radius 2 is 1.91 bits per heavy atom. The molecule has 0 radical (unpaired) electrons. The molecule has 0 bridgehead atoms. The van der Waals surface area contributed by atoms with Crippen LogP contribution in [0.1, 0.15) is 37.0 Å². The number of carbonyl (C=O) groups is 2. The molecule has 0 spiro atoms. The van der Waals surface area contributed by atoms with Gasteiger partial charge in [0.05, 0.1) is 13.2 Å². The van der Waals surface area contributed by atoms with E-state index in [1.807, 2.05) is 13.8 Å². The van der Waals surface area contributed by atoms with Crippen molar-refractivity contribution in [2.24, 2.45) is 0 Å². The van der Waals surface area contributed by atoms with Crippen molar-refractivity contribution >= 4 is 11.8 Å². The standard InChI is InChI=1S/C16H22N2O5/c1-3-21-12-8-7-11(10-14(12)22-4-2)15(19)17-18-16(20)13-6-5-9-23-13/h7-8,10,13H,3-6,9H2,1-2H3,(H,17,19)(H,18,20)/t13-/m0/s1. The zero-order valence-electron chi connectivity index (χ0n) is 13.4. The number of hydrogen-bond donors (Lipinski definition) is 2. The minimum Gasteiger partial charge on any atom is -0.490 e. The van der Waals surface area contributed by atoms with E-state index in [2.05, 4.69) is 10.9 Å². The van der Waals surface area contributed by atoms with Gasteiger partial charge in [-0.2, -0.15) is 0 Å². The third-order valence-corrected chi connectivity index (χ3v) is 3.33. The van der Waals surface area contributed by atoms with Gasteiger partial charge in [0.1, 0.15) is 6.10 Å². The third kappa shape index (κ3) is 4.59. The number of carbonyl (C=O) groups excluding carboxylic acids is 2. The van der Waals surface area contributed by atoms with Crippen molar-refractivity contribution < 1.29 is 23.8 Å². The van der Waals surface area contributed by atoms with E-state index < -0.39 is 12.0 Å². The Kier molecular flexibility index (Phi) is 6.22. The fraction of sp³-hybridized carbons (Fsp3) is 0.500. The van der Waals surface area contributed by atoms with Crippen LogP contribution < -0.4 is 20.3 Å². The van der Waals surface area contributed by atoms with Gasteiger partial charge in [-0.05, 0) is 44.9 Å². The summed E-state index contributed by atoms with van der Waals surface area (Å²) in [6.45, 7) is 5.26. The molecule has 2 amide bonds. The molecule has 1 fully saturated rings. The first-order chi connectivity index (χ1) is 11.2. The Bertz CT molecular complexity index is 555. The molecular formula is C16H22N2O5. The smallest absolute Gasteiger partial charge is 0.269 e. The van der Waals surface area contributed by atoms with Crippen LogP contribution in [-0.2, 0) is 9.53 Å². The molecule has 1 aromatic rings. The predicted octanol–water partition coefficient (Wildman–Crippen LogP) is 1.42. The Morgan fingerprint density at radius 1 is 1.17 bits per heavy atom. The molecule has 2 N–H and O–H groups in total. The molecule has 1 aromatic carbocycles. The van der Waals surface area contributed by atoms with Crippen LogP contribution in [0, 0.1) is 0 Å². The van der Waals surface area contributed by atoms with Crippen molar-refractivity contribution in [1.29, 1.82) is 0 Å². The van der Waals surface area contributed by atoms with Gasteiger partial charge in [0.15, 0.2) is 11.5 Å². The summed E-state index contributed by atoms with van der Waals surface area (Å²) in [6, 6.07) is 4.87. The summed E-state index contributed by atoms with van der Waals surface area (Å²) in [5.74, 6) is 0.300. The maximum absolute atomic E-state index is 12.1. The van der Waals surface area contributed by atoms with E-state index in [1.54, 1.807) is 18.2 Å². The van der Waals surface area contributed by atoms with E-state index in [1.165, 1.54) is 0 Å². The number of benzene rings is 1. The highest BCUT2D eigenvalue weighted by atomic mass is 16.5. The number of nitrogens with one attached hydrogen (secondary N) is 2. The van der Waals surface area contributed by atoms with E-state index in [0.29, 0.717) is 43.3 Å². The Morgan fingerprint density at radius 3 is 2.57 bits per heavy atom. The Labute approximate surface area is 135 Å². The van der Waals surface area contributed by atoms with E-state index in [-0.39, 0.29) is 5.91 Å². The number of hydrogen-bond acceptors (Lipinski definition) is 5. The van der Waals surface area contributed by atoms with Gasteiger partial charge >= 0.3 is 0 Å². The number of ether oxygens (including phenoxy) is 3. The highest BCUT2D eigenvalue weighted by Crippen LogP contribution is 2.28. The monoisotopic (exact) mass is 322 g/mol. The molecule has 7 nitrogen and oxygen atoms in total. The van der Waals surface area contributed by atoms with Crippen LogP contribution in [0.3, 0.4) is 0 Å². The van der Waals surface area contributed by atoms with Crippen LogP contribution in [0.25, 0.3) is 0 Å². The SMILES string of the molecule is CCOc1ccc(C(=O)NNC(=O)[C@@H]2CCCO2)cc1OCC. The van der Waals surface area contributed by atoms with Crippen LogP contribution in [0.4, 0.5) is 0 Å². The van der Waals surface area contributed by atoms with Gasteiger partial charge in [-0.15, -0.1) is 0 Å². The quantitative estimate of drug-likeness (QED) is 0.774. The van der Waals surface area contributed by atoms with Gasteiger partial charge in [-0.25, -0.2) is 0 Å². The summed E-state index contributed by atoms with van der Waals surface area (Å²) in [4.78, 5) is 23.9. The van der Waals surface area contributed by atoms with Crippen molar-refractivity contribution in [3.63, 3.8) is 0 Å². The van der Waals surface area contributed by atoms with Crippen LogP contribution in [-0.4, -0.2) is 37.7 Å². The van der Waals surface area contributed by atoms with Crippen LogP contribution in [0.2, 0.25) is 0 Å². The summed E-state index contributed by atoms with van der Waals surface area (Å²) in [7, 11) is 0. The summed E-state index contributed by atoms with van der Waals surface area (Å²) >= 11 is 0. The van der Waals surface area contributed by atoms with E-state index >= 15 is 0 Å². The molecule has 1 atom stereocenters. The summed E-state index contributed by atoms with van der Waals surface area (Å²) in [6.07, 6.45) is 1.02. The van der Waals surface area contributed by atoms with E-state index in [4.69, 9.17) is 14.2 Å². The average Bonchev–Trinajstić information content (AvgIpc) is 3.09. The molecule has 1 aliphatic rings. The summed E-state index contributed by atoms with van der Waals surface area (Å²) in [5.41, 5.74) is 5.13. The predicted molar refractivity (Wildman–Crippen MR) is 83.4 cm³/mol. The minimum absolute atomic E-state index is 0.341. The Balaban J connectivity index is 1.97. The van der Waals surface area contributed by atoms with Crippen LogP contribution >= 0.6 is 0 Å². The second-order valence-corrected chi connectivity index (χ2v) is 4.97. The Hall–Kier alpha value is -2.28. The topological polar surface area (TPSA) is 85.9 Å². The second kappa shape index (κ2) is 8.38. The number of hydrazine groups is 1. The van der Waals surface area contributed by atoms with Gasteiger partial charge in [-0.1, -0.05) is 0 Å². The first-order valence-electron chi connectivity index (χ1n) is 7.77. The molecule has 0 aromatic heterocycles. The lowest BCUT2D eigenvalue weighted by atomic mass is 10.2. The molecule has 1 heterocycles. The lowest BCUT2D eigenvalue weighted by Gasteiger charge is -2.14. The number of rotatable bonds is 6. The van der Waals surface area contributed by atoms with Crippen molar-refractivity contribution in [2.45, 2.75) is 32.8 Å². The van der Waals surface area contributed by atoms with Crippen LogP contribution in [0.15, 0.2) is 18.2 Å². The van der Waals surface area contributed by atoms with Gasteiger partial charge < -0.3 is 14.2 Å². The fourth-order valence-corrected chi connectivity index (χ4v) is 2.25. The molecule has 0 unspecified atom stereocenters. The maximum atomic E-state index is 12.1.